The number of methoxy groups -OCH3 is 3. The normalized spacial score (nSPS) is 11.2. The molecule has 2 aromatic carbocycles. The Labute approximate surface area is 169 Å². The molecule has 9 nitrogen and oxygen atoms in total. The van der Waals surface area contributed by atoms with Crippen molar-refractivity contribution in [3.63, 3.8) is 0 Å². The molecule has 0 saturated heterocycles. The Morgan fingerprint density at radius 2 is 1.62 bits per heavy atom. The van der Waals surface area contributed by atoms with Crippen LogP contribution in [-0.2, 0) is 11.3 Å². The number of nitrogens with zero attached hydrogens (tertiary/aromatic N) is 1. The molecule has 1 amide bonds. The Morgan fingerprint density at radius 1 is 1.00 bits per heavy atom. The number of anilines is 1. The summed E-state index contributed by atoms with van der Waals surface area (Å²) in [5.74, 6) is 8.03. The quantitative estimate of drug-likeness (QED) is 0.455. The van der Waals surface area contributed by atoms with Gasteiger partial charge in [-0.2, -0.15) is 0 Å². The lowest BCUT2D eigenvalue weighted by Gasteiger charge is -2.23. The van der Waals surface area contributed by atoms with Gasteiger partial charge in [-0.25, -0.2) is 10.6 Å². The van der Waals surface area contributed by atoms with Crippen LogP contribution in [0.3, 0.4) is 0 Å². The van der Waals surface area contributed by atoms with Gasteiger partial charge in [-0.3, -0.25) is 10.3 Å². The number of nitrogens with two attached hydrogens (primary N) is 2. The van der Waals surface area contributed by atoms with Gasteiger partial charge >= 0.3 is 6.09 Å². The van der Waals surface area contributed by atoms with E-state index >= 15 is 0 Å². The van der Waals surface area contributed by atoms with E-state index < -0.39 is 6.09 Å². The molecule has 2 rings (SSSR count). The number of amides is 1. The molecular formula is C20H26N4O5. The summed E-state index contributed by atoms with van der Waals surface area (Å²) in [6, 6.07) is 12.3. The van der Waals surface area contributed by atoms with Crippen LogP contribution in [0.5, 0.6) is 17.2 Å². The molecule has 0 aliphatic heterocycles. The number of carbonyl (C=O) groups excluding carboxylic acids is 1. The van der Waals surface area contributed by atoms with Crippen molar-refractivity contribution in [1.82, 2.24) is 5.32 Å². The number of hydrogen-bond donors (Lipinski definition) is 3. The highest BCUT2D eigenvalue weighted by Gasteiger charge is 2.16. The van der Waals surface area contributed by atoms with Gasteiger partial charge in [0.15, 0.2) is 0 Å². The smallest absolute Gasteiger partial charge is 0.413 e. The molecule has 9 heteroatoms. The highest BCUT2D eigenvalue weighted by atomic mass is 16.5. The first-order valence-corrected chi connectivity index (χ1v) is 8.69. The highest BCUT2D eigenvalue weighted by molar-refractivity contribution is 5.70. The third kappa shape index (κ3) is 5.69. The molecule has 0 atom stereocenters. The van der Waals surface area contributed by atoms with Crippen LogP contribution in [-0.4, -0.2) is 27.4 Å². The number of rotatable bonds is 8. The van der Waals surface area contributed by atoms with Crippen molar-refractivity contribution in [3.05, 3.63) is 59.5 Å². The van der Waals surface area contributed by atoms with E-state index in [-0.39, 0.29) is 12.4 Å². The Hall–Kier alpha value is -3.59. The van der Waals surface area contributed by atoms with Crippen molar-refractivity contribution in [3.8, 4) is 17.2 Å². The predicted octanol–water partition coefficient (Wildman–Crippen LogP) is 2.47. The van der Waals surface area contributed by atoms with E-state index in [1.165, 1.54) is 12.1 Å². The second-order valence-corrected chi connectivity index (χ2v) is 5.96. The first-order valence-electron chi connectivity index (χ1n) is 8.69. The van der Waals surface area contributed by atoms with E-state index in [1.807, 2.05) is 0 Å². The van der Waals surface area contributed by atoms with Crippen molar-refractivity contribution in [1.29, 1.82) is 0 Å². The molecule has 0 aliphatic carbocycles. The van der Waals surface area contributed by atoms with Crippen molar-refractivity contribution < 1.29 is 23.7 Å². The predicted molar refractivity (Wildman–Crippen MR) is 109 cm³/mol. The van der Waals surface area contributed by atoms with Crippen molar-refractivity contribution >= 4 is 11.8 Å². The fraction of sp³-hybridized carbons (Fsp3) is 0.250. The number of allylic oxidation sites excluding steroid dienone is 1. The summed E-state index contributed by atoms with van der Waals surface area (Å²) >= 11 is 0. The van der Waals surface area contributed by atoms with E-state index in [4.69, 9.17) is 30.5 Å². The first-order chi connectivity index (χ1) is 13.9. The minimum Gasteiger partial charge on any atom is -0.497 e. The van der Waals surface area contributed by atoms with Crippen molar-refractivity contribution in [2.45, 2.75) is 13.5 Å². The standard InChI is InChI=1S/C20H26N4O5/c1-13(24(22)17-11-16(27-3)9-10-18(17)28-4)19(21)23-20(25)29-12-14-5-7-15(26-2)8-6-14/h5-11H,12,21-22H2,1-4H3,(H,23,25)/b19-13+. The molecule has 0 bridgehead atoms. The van der Waals surface area contributed by atoms with E-state index in [0.29, 0.717) is 22.9 Å². The fourth-order valence-electron chi connectivity index (χ4n) is 2.40. The molecule has 0 heterocycles. The largest absolute Gasteiger partial charge is 0.497 e. The van der Waals surface area contributed by atoms with Gasteiger partial charge in [0, 0.05) is 6.07 Å². The lowest BCUT2D eigenvalue weighted by Crippen LogP contribution is -2.37. The number of nitrogens with one attached hydrogen (secondary N) is 1. The molecule has 5 N–H and O–H groups in total. The molecule has 29 heavy (non-hydrogen) atoms. The molecule has 156 valence electrons. The van der Waals surface area contributed by atoms with E-state index in [0.717, 1.165) is 11.3 Å². The Morgan fingerprint density at radius 3 is 2.21 bits per heavy atom. The summed E-state index contributed by atoms with van der Waals surface area (Å²) in [7, 11) is 4.65. The molecular weight excluding hydrogens is 376 g/mol. The third-order valence-electron chi connectivity index (χ3n) is 4.16. The first kappa shape index (κ1) is 21.7. The molecule has 0 saturated carbocycles. The number of alkyl carbamates (subject to hydrolysis) is 1. The van der Waals surface area contributed by atoms with Gasteiger partial charge in [-0.05, 0) is 36.8 Å². The number of ether oxygens (including phenoxy) is 4. The SMILES string of the molecule is COc1ccc(COC(=O)N/C(N)=C(\C)N(N)c2cc(OC)ccc2OC)cc1. The second-order valence-electron chi connectivity index (χ2n) is 5.96. The molecule has 2 aromatic rings. The summed E-state index contributed by atoms with van der Waals surface area (Å²) in [5.41, 5.74) is 7.69. The van der Waals surface area contributed by atoms with Gasteiger partial charge in [-0.15, -0.1) is 0 Å². The van der Waals surface area contributed by atoms with E-state index in [2.05, 4.69) is 5.32 Å². The number of hydrogen-bond acceptors (Lipinski definition) is 8. The summed E-state index contributed by atoms with van der Waals surface area (Å²) in [5, 5.41) is 3.76. The second kappa shape index (κ2) is 10.1. The Balaban J connectivity index is 2.04. The summed E-state index contributed by atoms with van der Waals surface area (Å²) < 4.78 is 20.8. The maximum Gasteiger partial charge on any atom is 0.413 e. The van der Waals surface area contributed by atoms with Crippen LogP contribution in [0.2, 0.25) is 0 Å². The van der Waals surface area contributed by atoms with Crippen LogP contribution in [0, 0.1) is 0 Å². The van der Waals surface area contributed by atoms with Crippen LogP contribution in [0.15, 0.2) is 54.0 Å². The lowest BCUT2D eigenvalue weighted by atomic mass is 10.2. The van der Waals surface area contributed by atoms with E-state index in [9.17, 15) is 4.79 Å². The zero-order valence-corrected chi connectivity index (χ0v) is 16.9. The minimum absolute atomic E-state index is 0.0390. The van der Waals surface area contributed by atoms with E-state index in [1.54, 1.807) is 63.6 Å². The average Bonchev–Trinajstić information content (AvgIpc) is 2.76. The van der Waals surface area contributed by atoms with Crippen LogP contribution in [0.25, 0.3) is 0 Å². The fourth-order valence-corrected chi connectivity index (χ4v) is 2.40. The molecule has 0 aromatic heterocycles. The average molecular weight is 402 g/mol. The zero-order valence-electron chi connectivity index (χ0n) is 16.9. The number of carbonyl (C=O) groups is 1. The maximum absolute atomic E-state index is 12.1. The Bertz CT molecular complexity index is 868. The summed E-state index contributed by atoms with van der Waals surface area (Å²) in [6.45, 7) is 1.73. The van der Waals surface area contributed by atoms with Gasteiger partial charge in [0.2, 0.25) is 0 Å². The molecule has 0 spiro atoms. The number of benzene rings is 2. The van der Waals surface area contributed by atoms with Crippen LogP contribution >= 0.6 is 0 Å². The van der Waals surface area contributed by atoms with Crippen molar-refractivity contribution in [2.24, 2.45) is 11.6 Å². The molecule has 0 fully saturated rings. The molecule has 0 aliphatic rings. The lowest BCUT2D eigenvalue weighted by molar-refractivity contribution is 0.142. The van der Waals surface area contributed by atoms with Crippen LogP contribution in [0.1, 0.15) is 12.5 Å². The van der Waals surface area contributed by atoms with Crippen molar-refractivity contribution in [2.75, 3.05) is 26.3 Å². The van der Waals surface area contributed by atoms with Gasteiger partial charge in [0.1, 0.15) is 35.4 Å². The third-order valence-corrected chi connectivity index (χ3v) is 4.16. The summed E-state index contributed by atoms with van der Waals surface area (Å²) in [4.78, 5) is 12.1. The molecule has 0 radical (unpaired) electrons. The van der Waals surface area contributed by atoms with Gasteiger partial charge in [-0.1, -0.05) is 12.1 Å². The maximum atomic E-state index is 12.1. The monoisotopic (exact) mass is 402 g/mol. The van der Waals surface area contributed by atoms with Crippen LogP contribution < -0.4 is 36.1 Å². The van der Waals surface area contributed by atoms with Crippen LogP contribution in [0.4, 0.5) is 10.5 Å². The summed E-state index contributed by atoms with van der Waals surface area (Å²) in [6.07, 6.45) is -0.705. The minimum atomic E-state index is -0.705. The zero-order chi connectivity index (χ0) is 21.4. The molecule has 0 unspecified atom stereocenters. The Kier molecular flexibility index (Phi) is 7.55. The number of hydrazine groups is 1. The highest BCUT2D eigenvalue weighted by Crippen LogP contribution is 2.32. The van der Waals surface area contributed by atoms with Gasteiger partial charge < -0.3 is 24.7 Å². The van der Waals surface area contributed by atoms with Gasteiger partial charge in [0.25, 0.3) is 0 Å². The topological polar surface area (TPSA) is 121 Å². The van der Waals surface area contributed by atoms with Gasteiger partial charge in [0.05, 0.1) is 27.0 Å².